The Hall–Kier alpha value is -2.05. The van der Waals surface area contributed by atoms with Crippen LogP contribution in [0, 0.1) is 6.92 Å². The highest BCUT2D eigenvalue weighted by Crippen LogP contribution is 2.31. The Morgan fingerprint density at radius 3 is 2.38 bits per heavy atom. The second-order valence-corrected chi connectivity index (χ2v) is 8.01. The lowest BCUT2D eigenvalue weighted by molar-refractivity contribution is 0.0688. The van der Waals surface area contributed by atoms with E-state index in [2.05, 4.69) is 4.98 Å². The summed E-state index contributed by atoms with van der Waals surface area (Å²) in [6.45, 7) is 2.95. The molecule has 0 bridgehead atoms. The van der Waals surface area contributed by atoms with E-state index in [1.165, 1.54) is 17.0 Å². The van der Waals surface area contributed by atoms with Gasteiger partial charge >= 0.3 is 5.97 Å². The highest BCUT2D eigenvalue weighted by Gasteiger charge is 2.25. The molecule has 1 fully saturated rings. The molecule has 5 nitrogen and oxygen atoms in total. The van der Waals surface area contributed by atoms with Gasteiger partial charge in [-0.3, -0.25) is 4.79 Å². The molecule has 1 aromatic heterocycles. The molecule has 0 saturated carbocycles. The van der Waals surface area contributed by atoms with Crippen molar-refractivity contribution in [3.8, 4) is 0 Å². The van der Waals surface area contributed by atoms with Gasteiger partial charge in [0.2, 0.25) is 0 Å². The van der Waals surface area contributed by atoms with Crippen LogP contribution in [-0.2, 0) is 0 Å². The largest absolute Gasteiger partial charge is 0.478 e. The highest BCUT2D eigenvalue weighted by atomic mass is 35.5. The van der Waals surface area contributed by atoms with Crippen LogP contribution in [0.5, 0.6) is 0 Å². The van der Waals surface area contributed by atoms with Crippen molar-refractivity contribution in [2.75, 3.05) is 13.1 Å². The van der Waals surface area contributed by atoms with Crippen molar-refractivity contribution < 1.29 is 14.7 Å². The molecule has 1 amide bonds. The fourth-order valence-electron chi connectivity index (χ4n) is 2.95. The monoisotopic (exact) mass is 390 g/mol. The fourth-order valence-corrected chi connectivity index (χ4v) is 4.20. The third-order valence-corrected chi connectivity index (χ3v) is 5.98. The van der Waals surface area contributed by atoms with E-state index in [1.807, 2.05) is 36.0 Å². The number of piperidine rings is 1. The summed E-state index contributed by atoms with van der Waals surface area (Å²) in [5.74, 6) is -1.17. The number of aryl methyl sites for hydroxylation is 1. The van der Waals surface area contributed by atoms with Gasteiger partial charge in [-0.2, -0.15) is 0 Å². The standard InChI is InChI=1S/C19H19ClN2O3S/c1-12-16(19(24)25)6-7-17(21-12)18(23)22-10-8-15(9-11-22)26-14-4-2-13(20)3-5-14/h2-7,15H,8-11H2,1H3,(H,24,25). The first-order chi connectivity index (χ1) is 12.4. The molecule has 7 heteroatoms. The summed E-state index contributed by atoms with van der Waals surface area (Å²) in [6, 6.07) is 10.7. The first-order valence-corrected chi connectivity index (χ1v) is 9.62. The van der Waals surface area contributed by atoms with Crippen molar-refractivity contribution in [3.05, 3.63) is 58.4 Å². The minimum atomic E-state index is -1.03. The number of amides is 1. The second kappa shape index (κ2) is 8.10. The highest BCUT2D eigenvalue weighted by molar-refractivity contribution is 8.00. The molecule has 2 aromatic rings. The molecule has 136 valence electrons. The van der Waals surface area contributed by atoms with Crippen LogP contribution in [0.2, 0.25) is 5.02 Å². The number of nitrogens with zero attached hydrogens (tertiary/aromatic N) is 2. The van der Waals surface area contributed by atoms with Gasteiger partial charge in [0.15, 0.2) is 0 Å². The van der Waals surface area contributed by atoms with Crippen LogP contribution >= 0.6 is 23.4 Å². The molecule has 1 aromatic carbocycles. The van der Waals surface area contributed by atoms with Crippen molar-refractivity contribution in [3.63, 3.8) is 0 Å². The van der Waals surface area contributed by atoms with Crippen LogP contribution in [0.4, 0.5) is 0 Å². The molecule has 1 N–H and O–H groups in total. The summed E-state index contributed by atoms with van der Waals surface area (Å²) >= 11 is 7.73. The number of hydrogen-bond donors (Lipinski definition) is 1. The number of aromatic carboxylic acids is 1. The molecule has 3 rings (SSSR count). The Balaban J connectivity index is 1.59. The molecule has 26 heavy (non-hydrogen) atoms. The third kappa shape index (κ3) is 4.37. The van der Waals surface area contributed by atoms with E-state index in [1.54, 1.807) is 11.8 Å². The number of carboxylic acids is 1. The molecule has 1 aliphatic heterocycles. The zero-order valence-corrected chi connectivity index (χ0v) is 15.9. The van der Waals surface area contributed by atoms with Gasteiger partial charge < -0.3 is 10.0 Å². The molecule has 0 radical (unpaired) electrons. The fraction of sp³-hybridized carbons (Fsp3) is 0.316. The number of aromatic nitrogens is 1. The summed E-state index contributed by atoms with van der Waals surface area (Å²) in [5.41, 5.74) is 0.785. The van der Waals surface area contributed by atoms with Gasteiger partial charge in [0.05, 0.1) is 11.3 Å². The Morgan fingerprint density at radius 1 is 1.15 bits per heavy atom. The number of thioether (sulfide) groups is 1. The van der Waals surface area contributed by atoms with Crippen molar-refractivity contribution in [2.24, 2.45) is 0 Å². The van der Waals surface area contributed by atoms with Crippen molar-refractivity contribution in [2.45, 2.75) is 29.9 Å². The summed E-state index contributed by atoms with van der Waals surface area (Å²) in [4.78, 5) is 30.8. The van der Waals surface area contributed by atoms with Crippen LogP contribution in [0.25, 0.3) is 0 Å². The Bertz CT molecular complexity index is 818. The topological polar surface area (TPSA) is 70.5 Å². The third-order valence-electron chi connectivity index (χ3n) is 4.38. The smallest absolute Gasteiger partial charge is 0.337 e. The number of carbonyl (C=O) groups excluding carboxylic acids is 1. The normalized spacial score (nSPS) is 15.1. The molecule has 0 atom stereocenters. The van der Waals surface area contributed by atoms with E-state index in [4.69, 9.17) is 16.7 Å². The van der Waals surface area contributed by atoms with Crippen LogP contribution in [-0.4, -0.2) is 45.2 Å². The molecular formula is C19H19ClN2O3S. The molecule has 2 heterocycles. The van der Waals surface area contributed by atoms with E-state index in [0.29, 0.717) is 29.7 Å². The van der Waals surface area contributed by atoms with Crippen LogP contribution < -0.4 is 0 Å². The first-order valence-electron chi connectivity index (χ1n) is 8.36. The molecule has 0 spiro atoms. The summed E-state index contributed by atoms with van der Waals surface area (Å²) < 4.78 is 0. The van der Waals surface area contributed by atoms with E-state index < -0.39 is 5.97 Å². The van der Waals surface area contributed by atoms with Crippen LogP contribution in [0.3, 0.4) is 0 Å². The number of pyridine rings is 1. The molecule has 1 saturated heterocycles. The van der Waals surface area contributed by atoms with E-state index in [0.717, 1.165) is 17.9 Å². The number of rotatable bonds is 4. The number of benzene rings is 1. The Kier molecular flexibility index (Phi) is 5.84. The summed E-state index contributed by atoms with van der Waals surface area (Å²) in [6.07, 6.45) is 1.82. The maximum atomic E-state index is 12.6. The average molecular weight is 391 g/mol. The first kappa shape index (κ1) is 18.7. The van der Waals surface area contributed by atoms with E-state index in [-0.39, 0.29) is 11.5 Å². The lowest BCUT2D eigenvalue weighted by Gasteiger charge is -2.31. The maximum absolute atomic E-state index is 12.6. The Morgan fingerprint density at radius 2 is 1.81 bits per heavy atom. The average Bonchev–Trinajstić information content (AvgIpc) is 2.63. The number of halogens is 1. The van der Waals surface area contributed by atoms with Gasteiger partial charge in [0.25, 0.3) is 5.91 Å². The molecule has 0 unspecified atom stereocenters. The minimum Gasteiger partial charge on any atom is -0.478 e. The predicted molar refractivity (Wildman–Crippen MR) is 102 cm³/mol. The van der Waals surface area contributed by atoms with Gasteiger partial charge in [0, 0.05) is 28.3 Å². The van der Waals surface area contributed by atoms with Gasteiger partial charge in [0.1, 0.15) is 5.69 Å². The van der Waals surface area contributed by atoms with Gasteiger partial charge in [-0.05, 0) is 56.2 Å². The lowest BCUT2D eigenvalue weighted by atomic mass is 10.1. The van der Waals surface area contributed by atoms with Gasteiger partial charge in [-0.15, -0.1) is 11.8 Å². The van der Waals surface area contributed by atoms with Crippen LogP contribution in [0.1, 0.15) is 39.4 Å². The summed E-state index contributed by atoms with van der Waals surface area (Å²) in [7, 11) is 0. The Labute approximate surface area is 161 Å². The zero-order valence-electron chi connectivity index (χ0n) is 14.3. The van der Waals surface area contributed by atoms with Gasteiger partial charge in [-0.25, -0.2) is 9.78 Å². The minimum absolute atomic E-state index is 0.125. The van der Waals surface area contributed by atoms with Crippen molar-refractivity contribution in [1.82, 2.24) is 9.88 Å². The summed E-state index contributed by atoms with van der Waals surface area (Å²) in [5, 5.41) is 10.3. The van der Waals surface area contributed by atoms with Crippen molar-refractivity contribution in [1.29, 1.82) is 0 Å². The lowest BCUT2D eigenvalue weighted by Crippen LogP contribution is -2.39. The number of carboxylic acid groups (broad SMARTS) is 1. The quantitative estimate of drug-likeness (QED) is 0.849. The zero-order chi connectivity index (χ0) is 18.7. The van der Waals surface area contributed by atoms with Crippen molar-refractivity contribution >= 4 is 35.2 Å². The number of hydrogen-bond acceptors (Lipinski definition) is 4. The molecular weight excluding hydrogens is 372 g/mol. The number of likely N-dealkylation sites (tertiary alicyclic amines) is 1. The number of carbonyl (C=O) groups is 2. The van der Waals surface area contributed by atoms with Gasteiger partial charge in [-0.1, -0.05) is 11.6 Å². The van der Waals surface area contributed by atoms with Crippen LogP contribution in [0.15, 0.2) is 41.3 Å². The molecule has 1 aliphatic rings. The molecule has 0 aliphatic carbocycles. The second-order valence-electron chi connectivity index (χ2n) is 6.20. The van der Waals surface area contributed by atoms with E-state index >= 15 is 0 Å². The maximum Gasteiger partial charge on any atom is 0.337 e. The van der Waals surface area contributed by atoms with E-state index in [9.17, 15) is 9.59 Å². The SMILES string of the molecule is Cc1nc(C(=O)N2CCC(Sc3ccc(Cl)cc3)CC2)ccc1C(=O)O. The predicted octanol–water partition coefficient (Wildman–Crippen LogP) is 4.14.